The number of nitrogens with zero attached hydrogens (tertiary/aromatic N) is 1. The largest absolute Gasteiger partial charge is 0.497 e. The van der Waals surface area contributed by atoms with E-state index >= 15 is 0 Å². The Morgan fingerprint density at radius 3 is 2.16 bits per heavy atom. The molecule has 0 saturated heterocycles. The van der Waals surface area contributed by atoms with Crippen LogP contribution in [-0.4, -0.2) is 12.1 Å². The molecule has 0 atom stereocenters. The number of hydrogen-bond donors (Lipinski definition) is 0. The molecule has 0 amide bonds. The molecule has 1 heterocycles. The summed E-state index contributed by atoms with van der Waals surface area (Å²) in [5, 5.41) is -0.109. The highest BCUT2D eigenvalue weighted by molar-refractivity contribution is 5.91. The Bertz CT molecular complexity index is 1240. The van der Waals surface area contributed by atoms with Crippen molar-refractivity contribution < 1.29 is 22.6 Å². The van der Waals surface area contributed by atoms with Crippen LogP contribution in [-0.2, 0) is 6.18 Å². The molecule has 6 heteroatoms. The van der Waals surface area contributed by atoms with Crippen LogP contribution in [0.15, 0.2) is 85.4 Å². The maximum Gasteiger partial charge on any atom is 0.420 e. The Kier molecular flexibility index (Phi) is 5.38. The number of fused-ring (bicyclic) bond motifs is 1. The fourth-order valence-electron chi connectivity index (χ4n) is 3.33. The van der Waals surface area contributed by atoms with Crippen LogP contribution in [0.1, 0.15) is 11.1 Å². The first-order valence-electron chi connectivity index (χ1n) is 9.45. The summed E-state index contributed by atoms with van der Waals surface area (Å²) in [5.41, 5.74) is 0.418. The summed E-state index contributed by atoms with van der Waals surface area (Å²) in [4.78, 5) is 4.52. The number of halogens is 3. The highest BCUT2D eigenvalue weighted by Gasteiger charge is 2.39. The van der Waals surface area contributed by atoms with Crippen LogP contribution in [0.3, 0.4) is 0 Å². The van der Waals surface area contributed by atoms with Crippen LogP contribution < -0.4 is 9.47 Å². The molecule has 0 fully saturated rings. The Labute approximate surface area is 177 Å². The van der Waals surface area contributed by atoms with Gasteiger partial charge >= 0.3 is 6.18 Å². The van der Waals surface area contributed by atoms with Crippen molar-refractivity contribution in [2.75, 3.05) is 7.11 Å². The van der Waals surface area contributed by atoms with E-state index in [9.17, 15) is 13.2 Å². The van der Waals surface area contributed by atoms with Gasteiger partial charge in [0.1, 0.15) is 22.8 Å². The quantitative estimate of drug-likeness (QED) is 0.326. The summed E-state index contributed by atoms with van der Waals surface area (Å²) in [7, 11) is 1.40. The molecule has 4 aromatic rings. The molecule has 0 aliphatic rings. The van der Waals surface area contributed by atoms with Crippen LogP contribution in [0.4, 0.5) is 13.2 Å². The van der Waals surface area contributed by atoms with E-state index in [0.29, 0.717) is 16.9 Å². The number of pyridine rings is 1. The lowest BCUT2D eigenvalue weighted by Crippen LogP contribution is -2.12. The molecule has 0 aliphatic carbocycles. The fourth-order valence-corrected chi connectivity index (χ4v) is 3.33. The number of methoxy groups -OCH3 is 1. The molecule has 1 aromatic heterocycles. The van der Waals surface area contributed by atoms with E-state index in [0.717, 1.165) is 0 Å². The third kappa shape index (κ3) is 4.10. The monoisotopic (exact) mass is 421 g/mol. The molecule has 0 spiro atoms. The Hall–Kier alpha value is -3.80. The maximum atomic E-state index is 14.4. The summed E-state index contributed by atoms with van der Waals surface area (Å²) in [6.07, 6.45) is -4.70. The zero-order chi connectivity index (χ0) is 22.0. The van der Waals surface area contributed by atoms with E-state index in [1.165, 1.54) is 19.2 Å². The van der Waals surface area contributed by atoms with Crippen LogP contribution >= 0.6 is 0 Å². The summed E-state index contributed by atoms with van der Waals surface area (Å²) in [6, 6.07) is 21.8. The molecular weight excluding hydrogens is 403 g/mol. The zero-order valence-electron chi connectivity index (χ0n) is 16.6. The molecule has 31 heavy (non-hydrogen) atoms. The molecule has 0 unspecified atom stereocenters. The van der Waals surface area contributed by atoms with Crippen molar-refractivity contribution >= 4 is 16.7 Å². The minimum atomic E-state index is -4.70. The van der Waals surface area contributed by atoms with Crippen molar-refractivity contribution in [1.29, 1.82) is 0 Å². The van der Waals surface area contributed by atoms with E-state index < -0.39 is 17.5 Å². The van der Waals surface area contributed by atoms with Gasteiger partial charge in [0.15, 0.2) is 5.75 Å². The van der Waals surface area contributed by atoms with Crippen LogP contribution in [0, 0.1) is 0 Å². The molecule has 156 valence electrons. The highest BCUT2D eigenvalue weighted by atomic mass is 19.4. The van der Waals surface area contributed by atoms with Crippen LogP contribution in [0.25, 0.3) is 27.9 Å². The third-order valence-electron chi connectivity index (χ3n) is 4.80. The van der Waals surface area contributed by atoms with Crippen molar-refractivity contribution in [3.63, 3.8) is 0 Å². The maximum absolute atomic E-state index is 14.4. The van der Waals surface area contributed by atoms with E-state index in [1.54, 1.807) is 66.7 Å². The average Bonchev–Trinajstić information content (AvgIpc) is 2.78. The Morgan fingerprint density at radius 2 is 1.55 bits per heavy atom. The smallest absolute Gasteiger partial charge is 0.420 e. The van der Waals surface area contributed by atoms with Gasteiger partial charge in [0.2, 0.25) is 0 Å². The van der Waals surface area contributed by atoms with Crippen molar-refractivity contribution in [1.82, 2.24) is 4.98 Å². The summed E-state index contributed by atoms with van der Waals surface area (Å²) >= 11 is 0. The number of aromatic nitrogens is 1. The van der Waals surface area contributed by atoms with Gasteiger partial charge in [-0.1, -0.05) is 67.2 Å². The second kappa shape index (κ2) is 8.14. The van der Waals surface area contributed by atoms with Gasteiger partial charge in [-0.05, 0) is 18.2 Å². The molecule has 3 nitrogen and oxygen atoms in total. The second-order valence-corrected chi connectivity index (χ2v) is 6.80. The van der Waals surface area contributed by atoms with Crippen LogP contribution in [0.2, 0.25) is 0 Å². The van der Waals surface area contributed by atoms with Gasteiger partial charge < -0.3 is 9.47 Å². The molecular formula is C25H18F3NO2. The minimum Gasteiger partial charge on any atom is -0.497 e. The lowest BCUT2D eigenvalue weighted by atomic mass is 10.0. The third-order valence-corrected chi connectivity index (χ3v) is 4.80. The second-order valence-electron chi connectivity index (χ2n) is 6.80. The first kappa shape index (κ1) is 20.5. The van der Waals surface area contributed by atoms with Gasteiger partial charge in [-0.15, -0.1) is 0 Å². The first-order chi connectivity index (χ1) is 14.9. The van der Waals surface area contributed by atoms with E-state index in [2.05, 4.69) is 11.6 Å². The average molecular weight is 421 g/mol. The summed E-state index contributed by atoms with van der Waals surface area (Å²) < 4.78 is 54.1. The predicted molar refractivity (Wildman–Crippen MR) is 115 cm³/mol. The van der Waals surface area contributed by atoms with Crippen molar-refractivity contribution in [2.45, 2.75) is 6.18 Å². The fraction of sp³-hybridized carbons (Fsp3) is 0.0800. The summed E-state index contributed by atoms with van der Waals surface area (Å²) in [5.74, 6) is -0.0132. The van der Waals surface area contributed by atoms with Gasteiger partial charge in [-0.2, -0.15) is 13.2 Å². The van der Waals surface area contributed by atoms with Gasteiger partial charge in [0, 0.05) is 16.5 Å². The number of benzene rings is 3. The van der Waals surface area contributed by atoms with E-state index in [1.807, 2.05) is 0 Å². The SMILES string of the molecule is C=C(Oc1c(-c2ccccc2)nc2ccc(OC)cc2c1C(F)(F)F)c1ccccc1. The molecule has 0 bridgehead atoms. The van der Waals surface area contributed by atoms with Crippen LogP contribution in [0.5, 0.6) is 11.5 Å². The summed E-state index contributed by atoms with van der Waals surface area (Å²) in [6.45, 7) is 3.85. The number of alkyl halides is 3. The number of ether oxygens (including phenoxy) is 2. The molecule has 0 radical (unpaired) electrons. The first-order valence-corrected chi connectivity index (χ1v) is 9.45. The van der Waals surface area contributed by atoms with Gasteiger partial charge in [0.05, 0.1) is 12.6 Å². The minimum absolute atomic E-state index is 0.0858. The van der Waals surface area contributed by atoms with Gasteiger partial charge in [-0.25, -0.2) is 4.98 Å². The molecule has 0 N–H and O–H groups in total. The Morgan fingerprint density at radius 1 is 0.903 bits per heavy atom. The highest BCUT2D eigenvalue weighted by Crippen LogP contribution is 2.46. The van der Waals surface area contributed by atoms with Crippen molar-refractivity contribution in [3.05, 3.63) is 96.6 Å². The molecule has 0 aliphatic heterocycles. The van der Waals surface area contributed by atoms with Crippen molar-refractivity contribution in [3.8, 4) is 22.8 Å². The van der Waals surface area contributed by atoms with E-state index in [-0.39, 0.29) is 22.4 Å². The molecule has 3 aromatic carbocycles. The number of rotatable bonds is 5. The topological polar surface area (TPSA) is 31.4 Å². The lowest BCUT2D eigenvalue weighted by molar-refractivity contribution is -0.137. The predicted octanol–water partition coefficient (Wildman–Crippen LogP) is 6.98. The molecule has 0 saturated carbocycles. The van der Waals surface area contributed by atoms with E-state index in [4.69, 9.17) is 9.47 Å². The lowest BCUT2D eigenvalue weighted by Gasteiger charge is -2.20. The van der Waals surface area contributed by atoms with Gasteiger partial charge in [-0.3, -0.25) is 0 Å². The molecule has 4 rings (SSSR count). The van der Waals surface area contributed by atoms with Gasteiger partial charge in [0.25, 0.3) is 0 Å². The normalized spacial score (nSPS) is 11.4. The number of hydrogen-bond acceptors (Lipinski definition) is 3. The standard InChI is InChI=1S/C25H18F3NO2/c1-16(17-9-5-3-6-10-17)31-24-22(25(26,27)28)20-15-19(30-2)13-14-21(20)29-23(24)18-11-7-4-8-12-18/h3-15H,1H2,2H3. The zero-order valence-corrected chi connectivity index (χ0v) is 16.6. The Balaban J connectivity index is 2.02. The van der Waals surface area contributed by atoms with Crippen molar-refractivity contribution in [2.24, 2.45) is 0 Å².